The van der Waals surface area contributed by atoms with Crippen LogP contribution < -0.4 is 14.8 Å². The standard InChI is InChI=1S/C27H20ClN3O4S/c1-16-12-14-18(15-13-16)30-25(32)20-21(31(35-22(20)26(30)33)19-10-6-3-7-11-19)23-24(28)29(27(34)36-23)17-8-4-2-5-9-17/h2-15,20-22H,1H3/t20-,21+,22+/m0/s1. The number of hydrogen-bond acceptors (Lipinski definition) is 6. The van der Waals surface area contributed by atoms with Crippen molar-refractivity contribution in [2.24, 2.45) is 5.92 Å². The Labute approximate surface area is 215 Å². The molecule has 3 heterocycles. The average Bonchev–Trinajstić information content (AvgIpc) is 3.50. The number of halogens is 1. The molecule has 2 aliphatic rings. The number of carbonyl (C=O) groups is 2. The van der Waals surface area contributed by atoms with Crippen LogP contribution in [0.25, 0.3) is 5.69 Å². The molecule has 0 unspecified atom stereocenters. The lowest BCUT2D eigenvalue weighted by atomic mass is 9.95. The van der Waals surface area contributed by atoms with Gasteiger partial charge in [-0.05, 0) is 43.3 Å². The normalized spacial score (nSPS) is 21.3. The lowest BCUT2D eigenvalue weighted by Gasteiger charge is -2.28. The van der Waals surface area contributed by atoms with Crippen LogP contribution in [0.3, 0.4) is 0 Å². The first-order valence-corrected chi connectivity index (χ1v) is 12.6. The fraction of sp³-hybridized carbons (Fsp3) is 0.148. The summed E-state index contributed by atoms with van der Waals surface area (Å²) in [4.78, 5) is 47.9. The van der Waals surface area contributed by atoms with Crippen LogP contribution in [0.4, 0.5) is 11.4 Å². The minimum atomic E-state index is -1.04. The molecule has 3 atom stereocenters. The van der Waals surface area contributed by atoms with Crippen LogP contribution in [0, 0.1) is 12.8 Å². The molecule has 2 fully saturated rings. The molecule has 0 spiro atoms. The van der Waals surface area contributed by atoms with Crippen molar-refractivity contribution in [3.63, 3.8) is 0 Å². The number of carbonyl (C=O) groups excluding carboxylic acids is 2. The molecule has 0 N–H and O–H groups in total. The number of amides is 2. The molecule has 36 heavy (non-hydrogen) atoms. The number of benzene rings is 3. The molecule has 7 nitrogen and oxygen atoms in total. The quantitative estimate of drug-likeness (QED) is 0.360. The van der Waals surface area contributed by atoms with Crippen LogP contribution in [0.2, 0.25) is 5.15 Å². The maximum absolute atomic E-state index is 13.8. The molecule has 0 aliphatic carbocycles. The highest BCUT2D eigenvalue weighted by molar-refractivity contribution is 7.10. The van der Waals surface area contributed by atoms with Gasteiger partial charge in [-0.1, -0.05) is 77.0 Å². The minimum absolute atomic E-state index is 0.195. The van der Waals surface area contributed by atoms with Gasteiger partial charge in [-0.2, -0.15) is 0 Å². The fourth-order valence-corrected chi connectivity index (χ4v) is 6.24. The van der Waals surface area contributed by atoms with Crippen LogP contribution >= 0.6 is 22.9 Å². The van der Waals surface area contributed by atoms with E-state index in [9.17, 15) is 14.4 Å². The van der Waals surface area contributed by atoms with Crippen molar-refractivity contribution in [3.05, 3.63) is 110 Å². The summed E-state index contributed by atoms with van der Waals surface area (Å²) in [5.41, 5.74) is 2.77. The van der Waals surface area contributed by atoms with Crippen LogP contribution in [-0.2, 0) is 14.4 Å². The number of aryl methyl sites for hydroxylation is 1. The zero-order valence-electron chi connectivity index (χ0n) is 19.1. The van der Waals surface area contributed by atoms with Gasteiger partial charge in [0.2, 0.25) is 5.91 Å². The lowest BCUT2D eigenvalue weighted by molar-refractivity contribution is -0.126. The molecule has 1 aromatic heterocycles. The summed E-state index contributed by atoms with van der Waals surface area (Å²) in [5.74, 6) is -1.71. The first-order chi connectivity index (χ1) is 17.5. The second-order valence-corrected chi connectivity index (χ2v) is 10.1. The third-order valence-corrected chi connectivity index (χ3v) is 7.98. The molecule has 4 aromatic rings. The number of hydrogen-bond donors (Lipinski definition) is 0. The van der Waals surface area contributed by atoms with Crippen molar-refractivity contribution in [1.29, 1.82) is 0 Å². The Morgan fingerprint density at radius 3 is 2.03 bits per heavy atom. The number of aromatic nitrogens is 1. The van der Waals surface area contributed by atoms with E-state index < -0.39 is 24.0 Å². The van der Waals surface area contributed by atoms with Crippen molar-refractivity contribution < 1.29 is 14.4 Å². The van der Waals surface area contributed by atoms with Crippen LogP contribution in [-0.4, -0.2) is 22.5 Å². The molecule has 3 aromatic carbocycles. The second kappa shape index (κ2) is 8.74. The van der Waals surface area contributed by atoms with E-state index >= 15 is 0 Å². The Hall–Kier alpha value is -3.72. The number of fused-ring (bicyclic) bond motifs is 1. The minimum Gasteiger partial charge on any atom is -0.273 e. The van der Waals surface area contributed by atoms with Crippen molar-refractivity contribution in [2.75, 3.05) is 9.96 Å². The molecule has 2 saturated heterocycles. The smallest absolute Gasteiger partial charge is 0.273 e. The fourth-order valence-electron chi connectivity index (χ4n) is 4.78. The van der Waals surface area contributed by atoms with Gasteiger partial charge in [0.05, 0.1) is 21.9 Å². The number of para-hydroxylation sites is 2. The summed E-state index contributed by atoms with van der Waals surface area (Å²) in [5, 5.41) is 1.74. The Balaban J connectivity index is 1.48. The highest BCUT2D eigenvalue weighted by Crippen LogP contribution is 2.50. The molecular formula is C27H20ClN3O4S. The SMILES string of the molecule is Cc1ccc(N2C(=O)[C@@H]3[C@@H](ON(c4ccccc4)[C@H]3c3sc(=O)n(-c4ccccc4)c3Cl)C2=O)cc1. The van der Waals surface area contributed by atoms with Gasteiger partial charge in [0, 0.05) is 0 Å². The number of thiazole rings is 1. The number of rotatable bonds is 4. The summed E-state index contributed by atoms with van der Waals surface area (Å²) in [6, 6.07) is 24.7. The van der Waals surface area contributed by atoms with Gasteiger partial charge in [0.1, 0.15) is 17.1 Å². The number of nitrogens with zero attached hydrogens (tertiary/aromatic N) is 3. The van der Waals surface area contributed by atoms with Gasteiger partial charge in [0.25, 0.3) is 5.91 Å². The lowest BCUT2D eigenvalue weighted by Crippen LogP contribution is -2.37. The highest BCUT2D eigenvalue weighted by atomic mass is 35.5. The van der Waals surface area contributed by atoms with E-state index in [1.807, 2.05) is 67.6 Å². The van der Waals surface area contributed by atoms with Gasteiger partial charge >= 0.3 is 4.87 Å². The number of hydroxylamine groups is 1. The molecular weight excluding hydrogens is 498 g/mol. The van der Waals surface area contributed by atoms with Gasteiger partial charge < -0.3 is 0 Å². The van der Waals surface area contributed by atoms with E-state index in [0.717, 1.165) is 16.9 Å². The Morgan fingerprint density at radius 1 is 0.778 bits per heavy atom. The first kappa shape index (κ1) is 22.7. The van der Waals surface area contributed by atoms with E-state index in [0.29, 0.717) is 21.9 Å². The molecule has 0 radical (unpaired) electrons. The molecule has 6 rings (SSSR count). The van der Waals surface area contributed by atoms with E-state index in [4.69, 9.17) is 16.4 Å². The third kappa shape index (κ3) is 3.49. The maximum Gasteiger partial charge on any atom is 0.313 e. The predicted octanol–water partition coefficient (Wildman–Crippen LogP) is 4.91. The molecule has 0 saturated carbocycles. The summed E-state index contributed by atoms with van der Waals surface area (Å²) in [7, 11) is 0. The molecule has 9 heteroatoms. The third-order valence-electron chi connectivity index (χ3n) is 6.48. The summed E-state index contributed by atoms with van der Waals surface area (Å²) >= 11 is 7.78. The largest absolute Gasteiger partial charge is 0.313 e. The van der Waals surface area contributed by atoms with Crippen LogP contribution in [0.5, 0.6) is 0 Å². The van der Waals surface area contributed by atoms with Crippen molar-refractivity contribution in [2.45, 2.75) is 19.1 Å². The Bertz CT molecular complexity index is 1520. The molecule has 2 amide bonds. The molecule has 0 bridgehead atoms. The van der Waals surface area contributed by atoms with Crippen molar-refractivity contribution >= 4 is 46.1 Å². The zero-order valence-corrected chi connectivity index (χ0v) is 20.6. The predicted molar refractivity (Wildman–Crippen MR) is 139 cm³/mol. The summed E-state index contributed by atoms with van der Waals surface area (Å²) in [6.45, 7) is 1.93. The average molecular weight is 518 g/mol. The van der Waals surface area contributed by atoms with Crippen molar-refractivity contribution in [1.82, 2.24) is 4.57 Å². The molecule has 180 valence electrons. The van der Waals surface area contributed by atoms with Crippen LogP contribution in [0.15, 0.2) is 89.7 Å². The Kier molecular flexibility index (Phi) is 5.52. The Morgan fingerprint density at radius 2 is 1.39 bits per heavy atom. The maximum atomic E-state index is 13.8. The van der Waals surface area contributed by atoms with Gasteiger partial charge in [0.15, 0.2) is 6.10 Å². The highest BCUT2D eigenvalue weighted by Gasteiger charge is 2.61. The van der Waals surface area contributed by atoms with Gasteiger partial charge in [-0.3, -0.25) is 23.8 Å². The van der Waals surface area contributed by atoms with Gasteiger partial charge in [-0.15, -0.1) is 0 Å². The zero-order chi connectivity index (χ0) is 25.0. The van der Waals surface area contributed by atoms with E-state index in [1.165, 1.54) is 9.47 Å². The van der Waals surface area contributed by atoms with E-state index in [-0.39, 0.29) is 15.9 Å². The monoisotopic (exact) mass is 517 g/mol. The second-order valence-electron chi connectivity index (χ2n) is 8.70. The number of imide groups is 1. The summed E-state index contributed by atoms with van der Waals surface area (Å²) in [6.07, 6.45) is -1.04. The van der Waals surface area contributed by atoms with Gasteiger partial charge in [-0.25, -0.2) is 9.96 Å². The number of anilines is 2. The van der Waals surface area contributed by atoms with E-state index in [1.54, 1.807) is 29.3 Å². The van der Waals surface area contributed by atoms with Crippen molar-refractivity contribution in [3.8, 4) is 5.69 Å². The first-order valence-electron chi connectivity index (χ1n) is 11.4. The van der Waals surface area contributed by atoms with E-state index in [2.05, 4.69) is 0 Å². The van der Waals surface area contributed by atoms with Crippen LogP contribution in [0.1, 0.15) is 16.5 Å². The molecule has 2 aliphatic heterocycles. The summed E-state index contributed by atoms with van der Waals surface area (Å²) < 4.78 is 1.41. The topological polar surface area (TPSA) is 71.8 Å².